The molecule has 0 spiro atoms. The first-order valence-corrected chi connectivity index (χ1v) is 9.99. The van der Waals surface area contributed by atoms with Crippen LogP contribution < -0.4 is 10.1 Å². The van der Waals surface area contributed by atoms with Gasteiger partial charge in [0.1, 0.15) is 22.9 Å². The SMILES string of the molecule is Cc1cc(C#N)ncc1Oc1cc(Nc2ccc(C3(O)COC3)cc2)c2ncn(C)c2n1. The second-order valence-electron chi connectivity index (χ2n) is 7.81. The van der Waals surface area contributed by atoms with Gasteiger partial charge in [-0.15, -0.1) is 0 Å². The number of aryl methyl sites for hydroxylation is 2. The monoisotopic (exact) mass is 428 g/mol. The molecule has 160 valence electrons. The zero-order chi connectivity index (χ0) is 22.3. The van der Waals surface area contributed by atoms with E-state index in [0.717, 1.165) is 22.5 Å². The van der Waals surface area contributed by atoms with Crippen molar-refractivity contribution in [1.29, 1.82) is 5.26 Å². The Bertz CT molecular complexity index is 1350. The van der Waals surface area contributed by atoms with E-state index in [0.29, 0.717) is 41.7 Å². The summed E-state index contributed by atoms with van der Waals surface area (Å²) in [6.07, 6.45) is 3.21. The van der Waals surface area contributed by atoms with Gasteiger partial charge in [-0.05, 0) is 36.2 Å². The molecule has 9 nitrogen and oxygen atoms in total. The van der Waals surface area contributed by atoms with Gasteiger partial charge >= 0.3 is 0 Å². The molecular weight excluding hydrogens is 408 g/mol. The highest BCUT2D eigenvalue weighted by Gasteiger charge is 2.37. The van der Waals surface area contributed by atoms with E-state index in [-0.39, 0.29) is 0 Å². The van der Waals surface area contributed by atoms with E-state index in [1.54, 1.807) is 18.5 Å². The maximum atomic E-state index is 10.4. The first-order chi connectivity index (χ1) is 15.4. The Hall–Kier alpha value is -4.00. The summed E-state index contributed by atoms with van der Waals surface area (Å²) in [5, 5.41) is 22.8. The number of anilines is 2. The van der Waals surface area contributed by atoms with Gasteiger partial charge in [-0.3, -0.25) is 0 Å². The zero-order valence-corrected chi connectivity index (χ0v) is 17.5. The van der Waals surface area contributed by atoms with Crippen LogP contribution >= 0.6 is 0 Å². The molecule has 2 N–H and O–H groups in total. The van der Waals surface area contributed by atoms with Crippen LogP contribution in [0, 0.1) is 18.3 Å². The number of imidazole rings is 1. The van der Waals surface area contributed by atoms with Crippen LogP contribution in [0.4, 0.5) is 11.4 Å². The molecule has 1 fully saturated rings. The third kappa shape index (κ3) is 3.51. The molecule has 1 aliphatic heterocycles. The first-order valence-electron chi connectivity index (χ1n) is 9.99. The summed E-state index contributed by atoms with van der Waals surface area (Å²) >= 11 is 0. The van der Waals surface area contributed by atoms with Crippen molar-refractivity contribution in [3.8, 4) is 17.7 Å². The van der Waals surface area contributed by atoms with Crippen LogP contribution in [0.25, 0.3) is 11.2 Å². The minimum atomic E-state index is -0.905. The Morgan fingerprint density at radius 3 is 2.66 bits per heavy atom. The minimum absolute atomic E-state index is 0.309. The summed E-state index contributed by atoms with van der Waals surface area (Å²) in [6, 6.07) is 13.0. The molecule has 1 aliphatic rings. The van der Waals surface area contributed by atoms with Crippen LogP contribution in [0.5, 0.6) is 11.6 Å². The van der Waals surface area contributed by atoms with Gasteiger partial charge in [0.15, 0.2) is 11.4 Å². The van der Waals surface area contributed by atoms with Crippen molar-refractivity contribution >= 4 is 22.5 Å². The first kappa shape index (κ1) is 19.9. The fraction of sp³-hybridized carbons (Fsp3) is 0.217. The Balaban J connectivity index is 1.47. The molecule has 5 rings (SSSR count). The third-order valence-corrected chi connectivity index (χ3v) is 5.42. The van der Waals surface area contributed by atoms with E-state index in [2.05, 4.69) is 20.3 Å². The molecule has 1 aromatic carbocycles. The van der Waals surface area contributed by atoms with E-state index in [1.165, 1.54) is 6.20 Å². The fourth-order valence-corrected chi connectivity index (χ4v) is 3.53. The van der Waals surface area contributed by atoms with Gasteiger partial charge in [-0.25, -0.2) is 9.97 Å². The number of hydrogen-bond donors (Lipinski definition) is 2. The number of nitriles is 1. The summed E-state index contributed by atoms with van der Waals surface area (Å²) in [5.74, 6) is 0.889. The number of nitrogens with zero attached hydrogens (tertiary/aromatic N) is 5. The Morgan fingerprint density at radius 1 is 1.22 bits per heavy atom. The maximum Gasteiger partial charge on any atom is 0.223 e. The molecule has 4 aromatic rings. The highest BCUT2D eigenvalue weighted by molar-refractivity contribution is 5.88. The largest absolute Gasteiger partial charge is 0.437 e. The second-order valence-corrected chi connectivity index (χ2v) is 7.81. The van der Waals surface area contributed by atoms with Crippen LogP contribution in [0.2, 0.25) is 0 Å². The smallest absolute Gasteiger partial charge is 0.223 e. The van der Waals surface area contributed by atoms with Crippen molar-refractivity contribution in [2.24, 2.45) is 7.05 Å². The molecule has 4 heterocycles. The zero-order valence-electron chi connectivity index (χ0n) is 17.5. The van der Waals surface area contributed by atoms with E-state index in [1.807, 2.05) is 48.9 Å². The maximum absolute atomic E-state index is 10.4. The van der Waals surface area contributed by atoms with Gasteiger partial charge in [-0.1, -0.05) is 12.1 Å². The van der Waals surface area contributed by atoms with Crippen LogP contribution in [0.3, 0.4) is 0 Å². The molecule has 1 saturated heterocycles. The van der Waals surface area contributed by atoms with E-state index in [4.69, 9.17) is 14.7 Å². The average molecular weight is 428 g/mol. The molecule has 0 aliphatic carbocycles. The van der Waals surface area contributed by atoms with Crippen molar-refractivity contribution in [3.05, 3.63) is 65.7 Å². The quantitative estimate of drug-likeness (QED) is 0.497. The molecular formula is C23H20N6O3. The van der Waals surface area contributed by atoms with Gasteiger partial charge in [0.2, 0.25) is 5.88 Å². The highest BCUT2D eigenvalue weighted by Crippen LogP contribution is 2.33. The lowest BCUT2D eigenvalue weighted by molar-refractivity contribution is -0.184. The molecule has 3 aromatic heterocycles. The van der Waals surface area contributed by atoms with E-state index < -0.39 is 5.60 Å². The van der Waals surface area contributed by atoms with Crippen LogP contribution in [0.15, 0.2) is 48.9 Å². The lowest BCUT2D eigenvalue weighted by Crippen LogP contribution is -2.46. The number of ether oxygens (including phenoxy) is 2. The van der Waals surface area contributed by atoms with Gasteiger partial charge < -0.3 is 24.5 Å². The predicted molar refractivity (Wildman–Crippen MR) is 117 cm³/mol. The van der Waals surface area contributed by atoms with Gasteiger partial charge in [0, 0.05) is 18.8 Å². The molecule has 0 saturated carbocycles. The standard InChI is InChI=1S/C23H20N6O3/c1-14-7-17(9-24)25-10-19(14)32-20-8-18(21-22(28-20)29(2)13-26-21)27-16-5-3-15(4-6-16)23(30)11-31-12-23/h3-8,10,13,30H,11-12H2,1-2H3,(H,27,28). The van der Waals surface area contributed by atoms with Crippen molar-refractivity contribution in [2.45, 2.75) is 12.5 Å². The number of rotatable bonds is 5. The molecule has 0 radical (unpaired) electrons. The summed E-state index contributed by atoms with van der Waals surface area (Å²) in [6.45, 7) is 2.47. The number of benzene rings is 1. The predicted octanol–water partition coefficient (Wildman–Crippen LogP) is 3.30. The summed E-state index contributed by atoms with van der Waals surface area (Å²) in [4.78, 5) is 13.1. The van der Waals surface area contributed by atoms with Crippen LogP contribution in [-0.2, 0) is 17.4 Å². The van der Waals surface area contributed by atoms with Crippen LogP contribution in [0.1, 0.15) is 16.8 Å². The number of nitrogens with one attached hydrogen (secondary N) is 1. The molecule has 32 heavy (non-hydrogen) atoms. The van der Waals surface area contributed by atoms with Crippen molar-refractivity contribution in [3.63, 3.8) is 0 Å². The number of pyridine rings is 2. The average Bonchev–Trinajstić information content (AvgIpc) is 3.15. The Morgan fingerprint density at radius 2 is 2.00 bits per heavy atom. The Labute approximate surface area is 183 Å². The Kier molecular flexibility index (Phi) is 4.74. The fourth-order valence-electron chi connectivity index (χ4n) is 3.53. The lowest BCUT2D eigenvalue weighted by atomic mass is 9.92. The highest BCUT2D eigenvalue weighted by atomic mass is 16.5. The lowest BCUT2D eigenvalue weighted by Gasteiger charge is -2.36. The van der Waals surface area contributed by atoms with E-state index >= 15 is 0 Å². The van der Waals surface area contributed by atoms with Gasteiger partial charge in [0.05, 0.1) is 31.4 Å². The minimum Gasteiger partial charge on any atom is -0.437 e. The van der Waals surface area contributed by atoms with Gasteiger partial charge in [0.25, 0.3) is 0 Å². The van der Waals surface area contributed by atoms with E-state index in [9.17, 15) is 5.11 Å². The normalized spacial score (nSPS) is 14.6. The topological polar surface area (TPSA) is 118 Å². The summed E-state index contributed by atoms with van der Waals surface area (Å²) < 4.78 is 12.9. The molecule has 0 bridgehead atoms. The van der Waals surface area contributed by atoms with Crippen LogP contribution in [-0.4, -0.2) is 37.8 Å². The number of fused-ring (bicyclic) bond motifs is 1. The summed E-state index contributed by atoms with van der Waals surface area (Å²) in [7, 11) is 1.86. The summed E-state index contributed by atoms with van der Waals surface area (Å²) in [5.41, 5.74) is 3.94. The van der Waals surface area contributed by atoms with Gasteiger partial charge in [-0.2, -0.15) is 10.2 Å². The second kappa shape index (κ2) is 7.60. The molecule has 0 unspecified atom stereocenters. The number of hydrogen-bond acceptors (Lipinski definition) is 8. The molecule has 0 amide bonds. The molecule has 0 atom stereocenters. The third-order valence-electron chi connectivity index (χ3n) is 5.42. The van der Waals surface area contributed by atoms with Crippen molar-refractivity contribution < 1.29 is 14.6 Å². The van der Waals surface area contributed by atoms with Crippen molar-refractivity contribution in [2.75, 3.05) is 18.5 Å². The number of aliphatic hydroxyl groups is 1. The van der Waals surface area contributed by atoms with Crippen molar-refractivity contribution in [1.82, 2.24) is 19.5 Å². The molecule has 9 heteroatoms. The number of aromatic nitrogens is 4.